The molecular formula is C37H27FN4. The largest absolute Gasteiger partial charge is 0.309 e. The Balaban J connectivity index is 1.34. The van der Waals surface area contributed by atoms with E-state index < -0.39 is 0 Å². The maximum Gasteiger partial charge on any atom is 0.140 e. The summed E-state index contributed by atoms with van der Waals surface area (Å²) < 4.78 is 16.0. The number of para-hydroxylation sites is 1. The number of hydrogen-bond donors (Lipinski definition) is 0. The van der Waals surface area contributed by atoms with Crippen LogP contribution in [0, 0.1) is 5.82 Å². The van der Waals surface area contributed by atoms with Gasteiger partial charge in [0.1, 0.15) is 18.0 Å². The van der Waals surface area contributed by atoms with Gasteiger partial charge in [-0.05, 0) is 89.0 Å². The topological polar surface area (TPSA) is 34.0 Å². The van der Waals surface area contributed by atoms with E-state index in [9.17, 15) is 4.39 Å². The molecule has 0 bridgehead atoms. The summed E-state index contributed by atoms with van der Waals surface area (Å²) in [6.07, 6.45) is 3.37. The molecule has 202 valence electrons. The Morgan fingerprint density at radius 3 is 2.21 bits per heavy atom. The molecule has 5 heteroatoms. The number of hydrogen-bond acceptors (Lipinski definition) is 3. The predicted octanol–water partition coefficient (Wildman–Crippen LogP) is 9.49. The van der Waals surface area contributed by atoms with E-state index in [1.165, 1.54) is 34.4 Å². The minimum Gasteiger partial charge on any atom is -0.309 e. The molecule has 0 fully saturated rings. The van der Waals surface area contributed by atoms with Crippen molar-refractivity contribution in [1.82, 2.24) is 14.5 Å². The zero-order valence-corrected chi connectivity index (χ0v) is 23.3. The lowest BCUT2D eigenvalue weighted by molar-refractivity contribution is 0.627. The van der Waals surface area contributed by atoms with Crippen molar-refractivity contribution >= 4 is 39.0 Å². The average molecular weight is 547 g/mol. The summed E-state index contributed by atoms with van der Waals surface area (Å²) in [4.78, 5) is 11.1. The molecule has 0 atom stereocenters. The molecule has 0 radical (unpaired) electrons. The van der Waals surface area contributed by atoms with Gasteiger partial charge in [-0.1, -0.05) is 62.4 Å². The van der Waals surface area contributed by atoms with Crippen LogP contribution in [0.3, 0.4) is 0 Å². The van der Waals surface area contributed by atoms with Crippen LogP contribution < -0.4 is 4.90 Å². The van der Waals surface area contributed by atoms with Crippen molar-refractivity contribution in [2.24, 2.45) is 0 Å². The van der Waals surface area contributed by atoms with Gasteiger partial charge in [0.05, 0.1) is 11.0 Å². The van der Waals surface area contributed by atoms with Crippen LogP contribution in [0.5, 0.6) is 0 Å². The third-order valence-corrected chi connectivity index (χ3v) is 8.62. The molecular weight excluding hydrogens is 519 g/mol. The molecule has 8 rings (SSSR count). The highest BCUT2D eigenvalue weighted by Gasteiger charge is 2.35. The first-order valence-electron chi connectivity index (χ1n) is 14.1. The third-order valence-electron chi connectivity index (χ3n) is 8.62. The number of anilines is 3. The van der Waals surface area contributed by atoms with Gasteiger partial charge in [-0.25, -0.2) is 14.4 Å². The Morgan fingerprint density at radius 2 is 1.38 bits per heavy atom. The Bertz CT molecular complexity index is 2130. The number of rotatable bonds is 4. The molecule has 0 saturated heterocycles. The van der Waals surface area contributed by atoms with Crippen molar-refractivity contribution < 1.29 is 4.39 Å². The van der Waals surface area contributed by atoms with Crippen LogP contribution in [0.4, 0.5) is 21.6 Å². The van der Waals surface area contributed by atoms with Gasteiger partial charge in [0.15, 0.2) is 0 Å². The third kappa shape index (κ3) is 3.60. The van der Waals surface area contributed by atoms with Crippen molar-refractivity contribution in [3.8, 4) is 16.8 Å². The van der Waals surface area contributed by atoms with Crippen molar-refractivity contribution in [2.45, 2.75) is 19.3 Å². The number of aromatic nitrogens is 3. The van der Waals surface area contributed by atoms with Crippen LogP contribution in [0.15, 0.2) is 128 Å². The van der Waals surface area contributed by atoms with E-state index in [4.69, 9.17) is 0 Å². The number of fused-ring (bicyclic) bond motifs is 6. The van der Waals surface area contributed by atoms with E-state index in [0.717, 1.165) is 44.7 Å². The summed E-state index contributed by atoms with van der Waals surface area (Å²) in [7, 11) is 0. The molecule has 0 saturated carbocycles. The molecule has 0 N–H and O–H groups in total. The predicted molar refractivity (Wildman–Crippen MR) is 169 cm³/mol. The van der Waals surface area contributed by atoms with Crippen LogP contribution in [-0.2, 0) is 5.41 Å². The van der Waals surface area contributed by atoms with Gasteiger partial charge in [-0.3, -0.25) is 4.90 Å². The first kappa shape index (κ1) is 24.5. The van der Waals surface area contributed by atoms with Gasteiger partial charge in [0, 0.05) is 39.4 Å². The van der Waals surface area contributed by atoms with Gasteiger partial charge in [0.25, 0.3) is 0 Å². The van der Waals surface area contributed by atoms with Crippen LogP contribution in [-0.4, -0.2) is 14.5 Å². The summed E-state index contributed by atoms with van der Waals surface area (Å²) in [5.41, 5.74) is 10.2. The lowest BCUT2D eigenvalue weighted by atomic mass is 9.82. The maximum atomic E-state index is 13.8. The summed E-state index contributed by atoms with van der Waals surface area (Å²) >= 11 is 0. The Morgan fingerprint density at radius 1 is 0.667 bits per heavy atom. The summed E-state index contributed by atoms with van der Waals surface area (Å²) in [6.45, 7) is 4.60. The second kappa shape index (κ2) is 9.11. The van der Waals surface area contributed by atoms with Crippen LogP contribution in [0.1, 0.15) is 25.0 Å². The SMILES string of the molecule is CC1(C)c2ccccc2-c2ccc(N(c3ccc4c(c3)c3ccccc3n4-c3ccc(F)cc3)c3ccncn3)cc21. The number of nitrogens with zero attached hydrogens (tertiary/aromatic N) is 4. The van der Waals surface area contributed by atoms with E-state index in [1.807, 2.05) is 24.3 Å². The summed E-state index contributed by atoms with van der Waals surface area (Å²) in [6, 6.07) is 38.9. The van der Waals surface area contributed by atoms with Crippen LogP contribution in [0.25, 0.3) is 38.6 Å². The zero-order valence-electron chi connectivity index (χ0n) is 23.3. The van der Waals surface area contributed by atoms with Gasteiger partial charge in [-0.15, -0.1) is 0 Å². The van der Waals surface area contributed by atoms with E-state index in [-0.39, 0.29) is 11.2 Å². The minimum atomic E-state index is -0.247. The molecule has 2 aromatic heterocycles. The molecule has 0 amide bonds. The van der Waals surface area contributed by atoms with Crippen molar-refractivity contribution in [2.75, 3.05) is 4.90 Å². The molecule has 42 heavy (non-hydrogen) atoms. The van der Waals surface area contributed by atoms with Crippen LogP contribution in [0.2, 0.25) is 0 Å². The fourth-order valence-corrected chi connectivity index (χ4v) is 6.63. The second-order valence-electron chi connectivity index (χ2n) is 11.3. The van der Waals surface area contributed by atoms with Gasteiger partial charge in [-0.2, -0.15) is 0 Å². The first-order valence-corrected chi connectivity index (χ1v) is 14.1. The van der Waals surface area contributed by atoms with E-state index >= 15 is 0 Å². The summed E-state index contributed by atoms with van der Waals surface area (Å²) in [5, 5.41) is 2.24. The fourth-order valence-electron chi connectivity index (χ4n) is 6.63. The van der Waals surface area contributed by atoms with E-state index in [1.54, 1.807) is 12.5 Å². The highest BCUT2D eigenvalue weighted by molar-refractivity contribution is 6.10. The number of halogens is 1. The lowest BCUT2D eigenvalue weighted by Gasteiger charge is -2.27. The van der Waals surface area contributed by atoms with Crippen molar-refractivity contribution in [3.05, 3.63) is 145 Å². The molecule has 0 unspecified atom stereocenters. The van der Waals surface area contributed by atoms with Gasteiger partial charge < -0.3 is 4.57 Å². The second-order valence-corrected chi connectivity index (χ2v) is 11.3. The number of benzene rings is 5. The fraction of sp³-hybridized carbons (Fsp3) is 0.0811. The van der Waals surface area contributed by atoms with Crippen molar-refractivity contribution in [3.63, 3.8) is 0 Å². The molecule has 1 aliphatic carbocycles. The highest BCUT2D eigenvalue weighted by Crippen LogP contribution is 2.50. The Kier molecular flexibility index (Phi) is 5.32. The minimum absolute atomic E-state index is 0.119. The van der Waals surface area contributed by atoms with Crippen molar-refractivity contribution in [1.29, 1.82) is 0 Å². The first-order chi connectivity index (χ1) is 20.5. The highest BCUT2D eigenvalue weighted by atomic mass is 19.1. The normalized spacial score (nSPS) is 13.3. The Hall–Kier alpha value is -5.29. The molecule has 1 aliphatic rings. The molecule has 0 aliphatic heterocycles. The molecule has 2 heterocycles. The van der Waals surface area contributed by atoms with E-state index in [0.29, 0.717) is 0 Å². The maximum absolute atomic E-state index is 13.8. The van der Waals surface area contributed by atoms with E-state index in [2.05, 4.69) is 112 Å². The zero-order chi connectivity index (χ0) is 28.4. The molecule has 4 nitrogen and oxygen atoms in total. The standard InChI is InChI=1S/C37H27FN4/c1-37(2)32-9-5-3-7-28(32)29-17-15-27(22-33(29)37)41(36-19-20-39-23-40-36)26-16-18-35-31(21-26)30-8-4-6-10-34(30)42(35)25-13-11-24(38)12-14-25/h3-23H,1-2H3. The van der Waals surface area contributed by atoms with Gasteiger partial charge in [0.2, 0.25) is 0 Å². The smallest absolute Gasteiger partial charge is 0.140 e. The molecule has 0 spiro atoms. The van der Waals surface area contributed by atoms with Gasteiger partial charge >= 0.3 is 0 Å². The monoisotopic (exact) mass is 546 g/mol. The van der Waals surface area contributed by atoms with Crippen LogP contribution >= 0.6 is 0 Å². The lowest BCUT2D eigenvalue weighted by Crippen LogP contribution is -2.17. The average Bonchev–Trinajstić information content (AvgIpc) is 3.47. The molecule has 7 aromatic rings. The summed E-state index contributed by atoms with van der Waals surface area (Å²) in [5.74, 6) is 0.544. The quantitative estimate of drug-likeness (QED) is 0.220. The molecule has 5 aromatic carbocycles. The Labute approximate surface area is 243 Å².